The number of imidazole rings is 1. The van der Waals surface area contributed by atoms with Crippen molar-refractivity contribution in [1.82, 2.24) is 34.7 Å². The highest BCUT2D eigenvalue weighted by atomic mass is 35.5. The minimum absolute atomic E-state index is 0.0708. The predicted molar refractivity (Wildman–Crippen MR) is 216 cm³/mol. The van der Waals surface area contributed by atoms with Gasteiger partial charge in [0.1, 0.15) is 5.69 Å². The Hall–Kier alpha value is -6.20. The van der Waals surface area contributed by atoms with Crippen molar-refractivity contribution in [3.05, 3.63) is 94.4 Å². The summed E-state index contributed by atoms with van der Waals surface area (Å²) < 4.78 is 33.2. The Morgan fingerprint density at radius 1 is 0.932 bits per heavy atom. The molecular formula is C41H40ClF2N11O4. The zero-order valence-corrected chi connectivity index (χ0v) is 32.8. The second-order valence-corrected chi connectivity index (χ2v) is 15.9. The average Bonchev–Trinajstić information content (AvgIpc) is 3.93. The van der Waals surface area contributed by atoms with Gasteiger partial charge in [-0.25, -0.2) is 23.1 Å². The number of rotatable bonds is 8. The number of carbonyl (C=O) groups is 4. The third-order valence-corrected chi connectivity index (χ3v) is 12.4. The van der Waals surface area contributed by atoms with Gasteiger partial charge < -0.3 is 20.9 Å². The number of piperidine rings is 1. The van der Waals surface area contributed by atoms with E-state index in [-0.39, 0.29) is 54.3 Å². The maximum Gasteiger partial charge on any atom is 0.328 e. The van der Waals surface area contributed by atoms with Crippen LogP contribution in [0, 0.1) is 5.41 Å². The van der Waals surface area contributed by atoms with Crippen LogP contribution in [-0.4, -0.2) is 105 Å². The number of urea groups is 1. The first-order valence-electron chi connectivity index (χ1n) is 19.4. The van der Waals surface area contributed by atoms with Crippen LogP contribution in [0.5, 0.6) is 0 Å². The number of hydrogen-bond donors (Lipinski definition) is 3. The molecule has 2 aromatic carbocycles. The number of primary amides is 1. The van der Waals surface area contributed by atoms with Crippen LogP contribution >= 0.6 is 11.6 Å². The summed E-state index contributed by atoms with van der Waals surface area (Å²) >= 11 is 6.36. The molecule has 4 aliphatic rings. The van der Waals surface area contributed by atoms with Gasteiger partial charge in [0.05, 0.1) is 40.2 Å². The number of nitrogens with two attached hydrogens (primary N) is 1. The summed E-state index contributed by atoms with van der Waals surface area (Å²) in [6.45, 7) is 1.39. The van der Waals surface area contributed by atoms with E-state index in [1.54, 1.807) is 7.05 Å². The van der Waals surface area contributed by atoms with Crippen molar-refractivity contribution < 1.29 is 28.0 Å². The van der Waals surface area contributed by atoms with Crippen molar-refractivity contribution >= 4 is 63.9 Å². The summed E-state index contributed by atoms with van der Waals surface area (Å²) in [6, 6.07) is 15.7. The molecule has 5 amide bonds. The molecule has 0 bridgehead atoms. The van der Waals surface area contributed by atoms with Crippen molar-refractivity contribution in [2.75, 3.05) is 61.4 Å². The van der Waals surface area contributed by atoms with E-state index in [1.807, 2.05) is 42.6 Å². The summed E-state index contributed by atoms with van der Waals surface area (Å²) in [7, 11) is 1.78. The molecule has 7 heterocycles. The molecule has 304 valence electrons. The highest BCUT2D eigenvalue weighted by Gasteiger charge is 2.61. The van der Waals surface area contributed by atoms with Gasteiger partial charge in [-0.2, -0.15) is 0 Å². The number of amides is 5. The summed E-state index contributed by atoms with van der Waals surface area (Å²) in [5.74, 6) is -4.04. The molecule has 9 rings (SSSR count). The first kappa shape index (κ1) is 38.3. The molecule has 0 radical (unpaired) electrons. The van der Waals surface area contributed by atoms with Crippen LogP contribution < -0.4 is 26.2 Å². The van der Waals surface area contributed by atoms with E-state index < -0.39 is 41.6 Å². The smallest absolute Gasteiger partial charge is 0.328 e. The molecule has 0 aliphatic carbocycles. The van der Waals surface area contributed by atoms with Crippen molar-refractivity contribution in [3.8, 4) is 11.3 Å². The fourth-order valence-electron chi connectivity index (χ4n) is 8.87. The van der Waals surface area contributed by atoms with Gasteiger partial charge in [-0.05, 0) is 73.8 Å². The first-order valence-corrected chi connectivity index (χ1v) is 19.7. The fourth-order valence-corrected chi connectivity index (χ4v) is 9.09. The Balaban J connectivity index is 0.856. The Morgan fingerprint density at radius 3 is 2.46 bits per heavy atom. The quantitative estimate of drug-likeness (QED) is 0.191. The third-order valence-electron chi connectivity index (χ3n) is 12.1. The van der Waals surface area contributed by atoms with Gasteiger partial charge in [-0.3, -0.25) is 34.5 Å². The van der Waals surface area contributed by atoms with E-state index in [0.29, 0.717) is 43.3 Å². The minimum atomic E-state index is -3.09. The van der Waals surface area contributed by atoms with Gasteiger partial charge in [0.15, 0.2) is 11.5 Å². The van der Waals surface area contributed by atoms with E-state index in [4.69, 9.17) is 27.4 Å². The molecule has 3 aromatic heterocycles. The molecule has 3 saturated heterocycles. The third kappa shape index (κ3) is 6.67. The molecule has 15 nitrogen and oxygen atoms in total. The number of imide groups is 1. The number of pyridine rings is 1. The van der Waals surface area contributed by atoms with Gasteiger partial charge in [-0.15, -0.1) is 5.10 Å². The van der Waals surface area contributed by atoms with Crippen molar-refractivity contribution in [3.63, 3.8) is 0 Å². The van der Waals surface area contributed by atoms with Crippen molar-refractivity contribution in [2.45, 2.75) is 38.2 Å². The predicted octanol–water partition coefficient (Wildman–Crippen LogP) is 5.10. The SMILES string of the molecule is CNc1cc(N2CCc3c(-c4ccc(CN5CCC6(CC5)CN(C(=O)c5ccc(Cl)c(N7CCC(=O)NC7=O)c5)CC6(F)F)cn4)cccc32)nn2c(C(N)=O)cnc12. The van der Waals surface area contributed by atoms with Gasteiger partial charge in [0.2, 0.25) is 5.91 Å². The lowest BCUT2D eigenvalue weighted by Crippen LogP contribution is -2.49. The van der Waals surface area contributed by atoms with Crippen molar-refractivity contribution in [1.29, 1.82) is 0 Å². The number of halogens is 3. The lowest BCUT2D eigenvalue weighted by molar-refractivity contribution is -0.120. The highest BCUT2D eigenvalue weighted by Crippen LogP contribution is 2.51. The van der Waals surface area contributed by atoms with Crippen LogP contribution in [0.4, 0.5) is 36.5 Å². The summed E-state index contributed by atoms with van der Waals surface area (Å²) in [5, 5.41) is 10.3. The molecule has 4 N–H and O–H groups in total. The molecule has 0 unspecified atom stereocenters. The van der Waals surface area contributed by atoms with Crippen LogP contribution in [0.1, 0.15) is 51.2 Å². The molecule has 3 fully saturated rings. The zero-order chi connectivity index (χ0) is 41.2. The monoisotopic (exact) mass is 823 g/mol. The van der Waals surface area contributed by atoms with E-state index >= 15 is 8.78 Å². The zero-order valence-electron chi connectivity index (χ0n) is 32.1. The molecule has 1 spiro atoms. The molecular weight excluding hydrogens is 784 g/mol. The standard InChI is InChI=1S/C41H40ClF2N11O4/c1-46-30-18-34(50-55-33(36(45)57)20-48-37(30)55)53-13-9-27-26(3-2-4-31(27)53)29-8-5-24(19-47-29)21-51-15-11-40(12-16-51)22-52(23-41(40,43)44)38(58)25-6-7-28(42)32(17-25)54-14-10-35(56)49-39(54)59/h2-8,17-20,46H,9-16,21-23H2,1H3,(H2,45,57)(H,49,56,59). The molecule has 4 aliphatic heterocycles. The average molecular weight is 824 g/mol. The number of anilines is 4. The van der Waals surface area contributed by atoms with Crippen LogP contribution in [-0.2, 0) is 17.8 Å². The van der Waals surface area contributed by atoms with Gasteiger partial charge in [-0.1, -0.05) is 29.8 Å². The second kappa shape index (κ2) is 14.6. The number of fused-ring (bicyclic) bond motifs is 2. The number of nitrogens with one attached hydrogen (secondary N) is 2. The van der Waals surface area contributed by atoms with Crippen molar-refractivity contribution in [2.24, 2.45) is 11.1 Å². The minimum Gasteiger partial charge on any atom is -0.385 e. The maximum atomic E-state index is 15.9. The molecule has 0 saturated carbocycles. The highest BCUT2D eigenvalue weighted by molar-refractivity contribution is 6.34. The Labute approximate surface area is 342 Å². The lowest BCUT2D eigenvalue weighted by atomic mass is 9.75. The Bertz CT molecular complexity index is 2540. The normalized spacial score (nSPS) is 18.7. The summed E-state index contributed by atoms with van der Waals surface area (Å²) in [5.41, 5.74) is 10.9. The number of alkyl halides is 2. The van der Waals surface area contributed by atoms with Crippen LogP contribution in [0.25, 0.3) is 16.9 Å². The largest absolute Gasteiger partial charge is 0.385 e. The van der Waals surface area contributed by atoms with Gasteiger partial charge in [0.25, 0.3) is 17.7 Å². The second-order valence-electron chi connectivity index (χ2n) is 15.5. The summed E-state index contributed by atoms with van der Waals surface area (Å²) in [6.07, 6.45) is 4.51. The molecule has 5 aromatic rings. The van der Waals surface area contributed by atoms with E-state index in [2.05, 4.69) is 25.4 Å². The van der Waals surface area contributed by atoms with Crippen LogP contribution in [0.15, 0.2) is 67.0 Å². The molecule has 59 heavy (non-hydrogen) atoms. The number of aromatic nitrogens is 4. The van der Waals surface area contributed by atoms with Gasteiger partial charge >= 0.3 is 6.03 Å². The van der Waals surface area contributed by atoms with Gasteiger partial charge in [0, 0.05) is 68.7 Å². The first-order chi connectivity index (χ1) is 28.3. The number of likely N-dealkylation sites (tertiary alicyclic amines) is 2. The summed E-state index contributed by atoms with van der Waals surface area (Å²) in [4.78, 5) is 65.7. The molecule has 18 heteroatoms. The number of carbonyl (C=O) groups excluding carboxylic acids is 4. The Morgan fingerprint density at radius 2 is 1.73 bits per heavy atom. The lowest BCUT2D eigenvalue weighted by Gasteiger charge is -2.41. The van der Waals surface area contributed by atoms with E-state index in [1.165, 1.54) is 38.7 Å². The maximum absolute atomic E-state index is 15.9. The van der Waals surface area contributed by atoms with Crippen LogP contribution in [0.2, 0.25) is 5.02 Å². The molecule has 0 atom stereocenters. The Kier molecular flexibility index (Phi) is 9.46. The van der Waals surface area contributed by atoms with Crippen LogP contribution in [0.3, 0.4) is 0 Å². The van der Waals surface area contributed by atoms with E-state index in [0.717, 1.165) is 34.5 Å². The topological polar surface area (TPSA) is 174 Å². The number of benzene rings is 2. The number of hydrogen-bond acceptors (Lipinski definition) is 10. The van der Waals surface area contributed by atoms with E-state index in [9.17, 15) is 19.2 Å². The number of nitrogens with zero attached hydrogens (tertiary/aromatic N) is 8. The fraction of sp³-hybridized carbons (Fsp3) is 0.341.